The summed E-state index contributed by atoms with van der Waals surface area (Å²) in [5, 5.41) is 21.3. The normalized spacial score (nSPS) is 20.4. The van der Waals surface area contributed by atoms with Crippen molar-refractivity contribution >= 4 is 11.9 Å². The molecule has 1 rings (SSSR count). The average Bonchev–Trinajstić information content (AvgIpc) is 2.46. The minimum absolute atomic E-state index is 0.0471. The van der Waals surface area contributed by atoms with Gasteiger partial charge < -0.3 is 26.4 Å². The lowest BCUT2D eigenvalue weighted by atomic mass is 10.2. The molecule has 0 saturated carbocycles. The Morgan fingerprint density at radius 3 is 2.05 bits per heavy atom. The summed E-state index contributed by atoms with van der Waals surface area (Å²) in [5.41, 5.74) is 0. The van der Waals surface area contributed by atoms with Gasteiger partial charge in [0.15, 0.2) is 0 Å². The molecule has 0 aromatic carbocycles. The number of carboxylic acids is 1. The van der Waals surface area contributed by atoms with Gasteiger partial charge in [0.2, 0.25) is 5.91 Å². The largest absolute Gasteiger partial charge is 0.481 e. The third kappa shape index (κ3) is 8.28. The molecule has 0 radical (unpaired) electrons. The van der Waals surface area contributed by atoms with Crippen LogP contribution in [0.15, 0.2) is 0 Å². The van der Waals surface area contributed by atoms with Gasteiger partial charge >= 0.3 is 5.97 Å². The number of carbonyl (C=O) groups excluding carboxylic acids is 1. The van der Waals surface area contributed by atoms with Crippen LogP contribution in [0.25, 0.3) is 0 Å². The van der Waals surface area contributed by atoms with Gasteiger partial charge in [0, 0.05) is 58.9 Å². The van der Waals surface area contributed by atoms with E-state index in [1.807, 2.05) is 6.92 Å². The minimum Gasteiger partial charge on any atom is -0.481 e. The van der Waals surface area contributed by atoms with E-state index in [-0.39, 0.29) is 24.9 Å². The fourth-order valence-corrected chi connectivity index (χ4v) is 2.28. The second kappa shape index (κ2) is 11.4. The smallest absolute Gasteiger partial charge is 0.305 e. The summed E-state index contributed by atoms with van der Waals surface area (Å²) >= 11 is 0. The highest BCUT2D eigenvalue weighted by molar-refractivity contribution is 5.81. The monoisotopic (exact) mass is 315 g/mol. The van der Waals surface area contributed by atoms with Gasteiger partial charge in [0.25, 0.3) is 0 Å². The summed E-state index contributed by atoms with van der Waals surface area (Å²) in [6, 6.07) is -0.265. The van der Waals surface area contributed by atoms with Crippen molar-refractivity contribution in [2.24, 2.45) is 0 Å². The fraction of sp³-hybridized carbons (Fsp3) is 0.857. The van der Waals surface area contributed by atoms with Crippen molar-refractivity contribution in [2.45, 2.75) is 19.4 Å². The van der Waals surface area contributed by atoms with Gasteiger partial charge in [-0.15, -0.1) is 0 Å². The van der Waals surface area contributed by atoms with E-state index >= 15 is 0 Å². The summed E-state index contributed by atoms with van der Waals surface area (Å²) in [7, 11) is 0. The third-order valence-corrected chi connectivity index (χ3v) is 3.67. The number of rotatable bonds is 5. The van der Waals surface area contributed by atoms with Crippen molar-refractivity contribution in [3.63, 3.8) is 0 Å². The summed E-state index contributed by atoms with van der Waals surface area (Å²) in [6.07, 6.45) is -0.0471. The Kier molecular flexibility index (Phi) is 9.72. The molecule has 0 aromatic rings. The molecule has 8 heteroatoms. The van der Waals surface area contributed by atoms with Crippen molar-refractivity contribution in [3.05, 3.63) is 0 Å². The summed E-state index contributed by atoms with van der Waals surface area (Å²) in [5.74, 6) is -1.02. The summed E-state index contributed by atoms with van der Waals surface area (Å²) < 4.78 is 0. The van der Waals surface area contributed by atoms with Crippen LogP contribution in [0.3, 0.4) is 0 Å². The lowest BCUT2D eigenvalue weighted by Crippen LogP contribution is -2.50. The van der Waals surface area contributed by atoms with Crippen LogP contribution >= 0.6 is 0 Å². The van der Waals surface area contributed by atoms with Crippen LogP contribution in [-0.2, 0) is 9.59 Å². The summed E-state index contributed by atoms with van der Waals surface area (Å²) in [6.45, 7) is 8.96. The summed E-state index contributed by atoms with van der Waals surface area (Å²) in [4.78, 5) is 24.7. The lowest BCUT2D eigenvalue weighted by molar-refractivity contribution is -0.137. The van der Waals surface area contributed by atoms with Crippen molar-refractivity contribution in [2.75, 3.05) is 58.9 Å². The van der Waals surface area contributed by atoms with E-state index < -0.39 is 5.97 Å². The van der Waals surface area contributed by atoms with E-state index in [9.17, 15) is 9.59 Å². The van der Waals surface area contributed by atoms with Crippen LogP contribution < -0.4 is 21.3 Å². The second-order valence-electron chi connectivity index (χ2n) is 5.40. The van der Waals surface area contributed by atoms with E-state index in [0.29, 0.717) is 0 Å². The molecule has 1 atom stereocenters. The number of hydrogen-bond donors (Lipinski definition) is 5. The Labute approximate surface area is 132 Å². The van der Waals surface area contributed by atoms with Gasteiger partial charge in [0.05, 0.1) is 12.5 Å². The molecule has 0 bridgehead atoms. The first-order chi connectivity index (χ1) is 10.6. The number of nitrogens with one attached hydrogen (secondary N) is 4. The van der Waals surface area contributed by atoms with Crippen LogP contribution in [0.4, 0.5) is 0 Å². The number of hydrogen-bond acceptors (Lipinski definition) is 6. The SMILES string of the molecule is CC(C(=O)NCCC(=O)O)N1CCNCCNCCNCC1. The molecule has 1 aliphatic rings. The highest BCUT2D eigenvalue weighted by atomic mass is 16.4. The zero-order valence-electron chi connectivity index (χ0n) is 13.4. The Bertz CT molecular complexity index is 328. The van der Waals surface area contributed by atoms with Crippen molar-refractivity contribution in [3.8, 4) is 0 Å². The molecule has 1 aliphatic heterocycles. The van der Waals surface area contributed by atoms with Crippen LogP contribution in [0.2, 0.25) is 0 Å². The molecule has 0 spiro atoms. The fourth-order valence-electron chi connectivity index (χ4n) is 2.28. The number of carbonyl (C=O) groups is 2. The maximum absolute atomic E-state index is 12.1. The predicted octanol–water partition coefficient (Wildman–Crippen LogP) is -1.95. The quantitative estimate of drug-likeness (QED) is 0.401. The Morgan fingerprint density at radius 1 is 1.05 bits per heavy atom. The topological polar surface area (TPSA) is 106 Å². The molecule has 1 saturated heterocycles. The average molecular weight is 315 g/mol. The van der Waals surface area contributed by atoms with Gasteiger partial charge in [0.1, 0.15) is 0 Å². The van der Waals surface area contributed by atoms with Crippen LogP contribution in [0.1, 0.15) is 13.3 Å². The number of amides is 1. The predicted molar refractivity (Wildman–Crippen MR) is 84.9 cm³/mol. The minimum atomic E-state index is -0.902. The molecular weight excluding hydrogens is 286 g/mol. The molecule has 1 amide bonds. The van der Waals surface area contributed by atoms with Gasteiger partial charge in [-0.25, -0.2) is 0 Å². The molecule has 128 valence electrons. The van der Waals surface area contributed by atoms with E-state index in [1.165, 1.54) is 0 Å². The standard InChI is InChI=1S/C14H29N5O3/c1-12(14(22)18-3-2-13(20)21)19-10-8-16-6-4-15-5-7-17-9-11-19/h12,15-17H,2-11H2,1H3,(H,18,22)(H,20,21). The van der Waals surface area contributed by atoms with Gasteiger partial charge in [-0.2, -0.15) is 0 Å². The molecule has 1 heterocycles. The van der Waals surface area contributed by atoms with Gasteiger partial charge in [-0.3, -0.25) is 14.5 Å². The molecule has 22 heavy (non-hydrogen) atoms. The van der Waals surface area contributed by atoms with Gasteiger partial charge in [-0.1, -0.05) is 0 Å². The van der Waals surface area contributed by atoms with Crippen molar-refractivity contribution in [1.29, 1.82) is 0 Å². The van der Waals surface area contributed by atoms with Crippen LogP contribution in [-0.4, -0.2) is 86.8 Å². The van der Waals surface area contributed by atoms with Gasteiger partial charge in [-0.05, 0) is 6.92 Å². The molecule has 8 nitrogen and oxygen atoms in total. The maximum Gasteiger partial charge on any atom is 0.305 e. The van der Waals surface area contributed by atoms with E-state index in [2.05, 4.69) is 26.2 Å². The molecule has 5 N–H and O–H groups in total. The number of aliphatic carboxylic acids is 1. The lowest BCUT2D eigenvalue weighted by Gasteiger charge is -2.29. The molecule has 0 aromatic heterocycles. The third-order valence-electron chi connectivity index (χ3n) is 3.67. The number of nitrogens with zero attached hydrogens (tertiary/aromatic N) is 1. The molecular formula is C14H29N5O3. The molecule has 1 fully saturated rings. The second-order valence-corrected chi connectivity index (χ2v) is 5.40. The highest BCUT2D eigenvalue weighted by Crippen LogP contribution is 1.99. The van der Waals surface area contributed by atoms with Crippen LogP contribution in [0.5, 0.6) is 0 Å². The first-order valence-corrected chi connectivity index (χ1v) is 7.97. The molecule has 0 aliphatic carbocycles. The van der Waals surface area contributed by atoms with E-state index in [1.54, 1.807) is 0 Å². The maximum atomic E-state index is 12.1. The first-order valence-electron chi connectivity index (χ1n) is 7.97. The van der Waals surface area contributed by atoms with Crippen LogP contribution in [0, 0.1) is 0 Å². The number of carboxylic acid groups (broad SMARTS) is 1. The highest BCUT2D eigenvalue weighted by Gasteiger charge is 2.20. The molecule has 1 unspecified atom stereocenters. The zero-order chi connectivity index (χ0) is 16.2. The van der Waals surface area contributed by atoms with E-state index in [0.717, 1.165) is 52.4 Å². The Morgan fingerprint density at radius 2 is 1.55 bits per heavy atom. The Balaban J connectivity index is 2.40. The Hall–Kier alpha value is -1.22. The zero-order valence-corrected chi connectivity index (χ0v) is 13.4. The first kappa shape index (κ1) is 18.8. The van der Waals surface area contributed by atoms with Crippen molar-refractivity contribution in [1.82, 2.24) is 26.2 Å². The van der Waals surface area contributed by atoms with E-state index in [4.69, 9.17) is 5.11 Å². The van der Waals surface area contributed by atoms with Crippen molar-refractivity contribution < 1.29 is 14.7 Å².